The summed E-state index contributed by atoms with van der Waals surface area (Å²) in [5.41, 5.74) is 0.311. The van der Waals surface area contributed by atoms with Crippen molar-refractivity contribution >= 4 is 6.03 Å². The monoisotopic (exact) mass is 270 g/mol. The number of carbonyl (C=O) groups excluding carboxylic acids is 1. The molecule has 4 heteroatoms. The van der Waals surface area contributed by atoms with E-state index in [1.165, 1.54) is 0 Å². The zero-order chi connectivity index (χ0) is 14.5. The Kier molecular flexibility index (Phi) is 6.11. The number of hydrogen-bond donors (Lipinski definition) is 3. The van der Waals surface area contributed by atoms with Crippen LogP contribution in [-0.4, -0.2) is 29.3 Å². The maximum Gasteiger partial charge on any atom is 0.315 e. The predicted molar refractivity (Wildman–Crippen MR) is 78.1 cm³/mol. The fourth-order valence-corrected chi connectivity index (χ4v) is 2.39. The standard InChI is InChI=1S/C15H30N2O2/c1-11(9-10-15(2,3)4)16-14(19)17-12-5-7-13(18)8-6-12/h11-13,18H,5-10H2,1-4H3,(H2,16,17,19). The lowest BCUT2D eigenvalue weighted by atomic mass is 9.89. The highest BCUT2D eigenvalue weighted by Gasteiger charge is 2.21. The first-order valence-corrected chi connectivity index (χ1v) is 7.51. The van der Waals surface area contributed by atoms with Gasteiger partial charge in [0.05, 0.1) is 6.10 Å². The molecule has 19 heavy (non-hydrogen) atoms. The van der Waals surface area contributed by atoms with E-state index >= 15 is 0 Å². The third-order valence-corrected chi connectivity index (χ3v) is 3.74. The summed E-state index contributed by atoms with van der Waals surface area (Å²) in [6.07, 6.45) is 5.28. The maximum atomic E-state index is 11.8. The molecule has 112 valence electrons. The molecule has 1 rings (SSSR count). The van der Waals surface area contributed by atoms with Crippen molar-refractivity contribution in [2.24, 2.45) is 5.41 Å². The zero-order valence-electron chi connectivity index (χ0n) is 12.8. The summed E-state index contributed by atoms with van der Waals surface area (Å²) in [6.45, 7) is 8.70. The SMILES string of the molecule is CC(CCC(C)(C)C)NC(=O)NC1CCC(O)CC1. The molecule has 0 saturated heterocycles. The predicted octanol–water partition coefficient (Wildman–Crippen LogP) is 2.80. The number of aliphatic hydroxyl groups is 1. The highest BCUT2D eigenvalue weighted by Crippen LogP contribution is 2.21. The average molecular weight is 270 g/mol. The van der Waals surface area contributed by atoms with Gasteiger partial charge in [-0.25, -0.2) is 4.79 Å². The Bertz CT molecular complexity index is 278. The molecule has 0 aromatic rings. The minimum atomic E-state index is -0.174. The smallest absolute Gasteiger partial charge is 0.315 e. The van der Waals surface area contributed by atoms with Crippen molar-refractivity contribution in [2.45, 2.75) is 84.4 Å². The fourth-order valence-electron chi connectivity index (χ4n) is 2.39. The van der Waals surface area contributed by atoms with E-state index in [1.54, 1.807) is 0 Å². The third kappa shape index (κ3) is 7.41. The highest BCUT2D eigenvalue weighted by molar-refractivity contribution is 5.74. The van der Waals surface area contributed by atoms with E-state index in [0.717, 1.165) is 38.5 Å². The number of urea groups is 1. The molecule has 0 aromatic carbocycles. The van der Waals surface area contributed by atoms with E-state index in [4.69, 9.17) is 0 Å². The average Bonchev–Trinajstić information content (AvgIpc) is 2.29. The molecule has 1 aliphatic rings. The van der Waals surface area contributed by atoms with Crippen molar-refractivity contribution in [3.05, 3.63) is 0 Å². The van der Waals surface area contributed by atoms with Crippen LogP contribution >= 0.6 is 0 Å². The Morgan fingerprint density at radius 3 is 2.37 bits per heavy atom. The van der Waals surface area contributed by atoms with Crippen LogP contribution in [0.2, 0.25) is 0 Å². The van der Waals surface area contributed by atoms with Crippen LogP contribution in [0.3, 0.4) is 0 Å². The lowest BCUT2D eigenvalue weighted by Crippen LogP contribution is -2.47. The van der Waals surface area contributed by atoms with Gasteiger partial charge in [0.1, 0.15) is 0 Å². The van der Waals surface area contributed by atoms with Crippen LogP contribution in [0.1, 0.15) is 66.2 Å². The van der Waals surface area contributed by atoms with Crippen LogP contribution in [-0.2, 0) is 0 Å². The zero-order valence-corrected chi connectivity index (χ0v) is 12.8. The minimum Gasteiger partial charge on any atom is -0.393 e. The van der Waals surface area contributed by atoms with Crippen molar-refractivity contribution in [1.29, 1.82) is 0 Å². The first-order chi connectivity index (χ1) is 8.76. The quantitative estimate of drug-likeness (QED) is 0.735. The number of aliphatic hydroxyl groups excluding tert-OH is 1. The van der Waals surface area contributed by atoms with Gasteiger partial charge in [-0.05, 0) is 50.9 Å². The molecular weight excluding hydrogens is 240 g/mol. The third-order valence-electron chi connectivity index (χ3n) is 3.74. The van der Waals surface area contributed by atoms with E-state index < -0.39 is 0 Å². The molecule has 2 amide bonds. The van der Waals surface area contributed by atoms with Crippen LogP contribution in [0.5, 0.6) is 0 Å². The van der Waals surface area contributed by atoms with Crippen LogP contribution in [0.15, 0.2) is 0 Å². The second-order valence-electron chi connectivity index (χ2n) is 7.12. The number of hydrogen-bond acceptors (Lipinski definition) is 2. The number of rotatable bonds is 4. The first kappa shape index (κ1) is 16.3. The fraction of sp³-hybridized carbons (Fsp3) is 0.933. The van der Waals surface area contributed by atoms with E-state index in [-0.39, 0.29) is 24.2 Å². The van der Waals surface area contributed by atoms with E-state index in [0.29, 0.717) is 5.41 Å². The summed E-state index contributed by atoms with van der Waals surface area (Å²) in [5, 5.41) is 15.4. The summed E-state index contributed by atoms with van der Waals surface area (Å²) in [6, 6.07) is 0.356. The molecule has 0 radical (unpaired) electrons. The van der Waals surface area contributed by atoms with Crippen molar-refractivity contribution < 1.29 is 9.90 Å². The lowest BCUT2D eigenvalue weighted by Gasteiger charge is -2.27. The van der Waals surface area contributed by atoms with Crippen LogP contribution in [0.4, 0.5) is 4.79 Å². The molecule has 3 N–H and O–H groups in total. The normalized spacial score (nSPS) is 25.7. The summed E-state index contributed by atoms with van der Waals surface area (Å²) in [4.78, 5) is 11.8. The summed E-state index contributed by atoms with van der Waals surface area (Å²) < 4.78 is 0. The van der Waals surface area contributed by atoms with Gasteiger partial charge in [0.15, 0.2) is 0 Å². The van der Waals surface area contributed by atoms with Gasteiger partial charge in [-0.1, -0.05) is 20.8 Å². The van der Waals surface area contributed by atoms with Crippen molar-refractivity contribution in [3.8, 4) is 0 Å². The molecule has 1 aliphatic carbocycles. The minimum absolute atomic E-state index is 0.0669. The summed E-state index contributed by atoms with van der Waals surface area (Å²) in [5.74, 6) is 0. The topological polar surface area (TPSA) is 61.4 Å². The Balaban J connectivity index is 2.19. The van der Waals surface area contributed by atoms with Gasteiger partial charge in [0, 0.05) is 12.1 Å². The summed E-state index contributed by atoms with van der Waals surface area (Å²) in [7, 11) is 0. The lowest BCUT2D eigenvalue weighted by molar-refractivity contribution is 0.117. The molecule has 4 nitrogen and oxygen atoms in total. The molecule has 0 spiro atoms. The van der Waals surface area contributed by atoms with Gasteiger partial charge in [-0.3, -0.25) is 0 Å². The second kappa shape index (κ2) is 7.13. The maximum absolute atomic E-state index is 11.8. The van der Waals surface area contributed by atoms with Gasteiger partial charge in [-0.15, -0.1) is 0 Å². The number of carbonyl (C=O) groups is 1. The largest absolute Gasteiger partial charge is 0.393 e. The van der Waals surface area contributed by atoms with Crippen molar-refractivity contribution in [1.82, 2.24) is 10.6 Å². The van der Waals surface area contributed by atoms with Crippen LogP contribution in [0, 0.1) is 5.41 Å². The molecular formula is C15H30N2O2. The first-order valence-electron chi connectivity index (χ1n) is 7.51. The molecule has 1 saturated carbocycles. The molecule has 0 aliphatic heterocycles. The molecule has 0 aromatic heterocycles. The van der Waals surface area contributed by atoms with Gasteiger partial charge >= 0.3 is 6.03 Å². The Hall–Kier alpha value is -0.770. The van der Waals surface area contributed by atoms with Crippen LogP contribution in [0.25, 0.3) is 0 Å². The molecule has 1 atom stereocenters. The highest BCUT2D eigenvalue weighted by atomic mass is 16.3. The van der Waals surface area contributed by atoms with Gasteiger partial charge in [0.2, 0.25) is 0 Å². The van der Waals surface area contributed by atoms with Crippen molar-refractivity contribution in [2.75, 3.05) is 0 Å². The molecule has 0 heterocycles. The van der Waals surface area contributed by atoms with Gasteiger partial charge in [0.25, 0.3) is 0 Å². The Labute approximate surface area is 117 Å². The Morgan fingerprint density at radius 2 is 1.84 bits per heavy atom. The molecule has 1 fully saturated rings. The van der Waals surface area contributed by atoms with Crippen LogP contribution < -0.4 is 10.6 Å². The molecule has 1 unspecified atom stereocenters. The Morgan fingerprint density at radius 1 is 1.26 bits per heavy atom. The van der Waals surface area contributed by atoms with E-state index in [1.807, 2.05) is 0 Å². The molecule has 0 bridgehead atoms. The van der Waals surface area contributed by atoms with Gasteiger partial charge < -0.3 is 15.7 Å². The van der Waals surface area contributed by atoms with E-state index in [2.05, 4.69) is 38.3 Å². The van der Waals surface area contributed by atoms with Crippen molar-refractivity contribution in [3.63, 3.8) is 0 Å². The van der Waals surface area contributed by atoms with Gasteiger partial charge in [-0.2, -0.15) is 0 Å². The number of nitrogens with one attached hydrogen (secondary N) is 2. The number of amides is 2. The second-order valence-corrected chi connectivity index (χ2v) is 7.12. The van der Waals surface area contributed by atoms with E-state index in [9.17, 15) is 9.90 Å². The summed E-state index contributed by atoms with van der Waals surface area (Å²) >= 11 is 0.